The van der Waals surface area contributed by atoms with Crippen LogP contribution >= 0.6 is 11.8 Å². The van der Waals surface area contributed by atoms with Gasteiger partial charge in [0.1, 0.15) is 5.25 Å². The van der Waals surface area contributed by atoms with Crippen molar-refractivity contribution in [3.05, 3.63) is 29.8 Å². The van der Waals surface area contributed by atoms with E-state index in [0.717, 1.165) is 5.56 Å². The number of aryl methyl sites for hydroxylation is 1. The molecule has 7 heteroatoms. The Morgan fingerprint density at radius 2 is 2.10 bits per heavy atom. The molecule has 3 rings (SSSR count). The fourth-order valence-corrected chi connectivity index (χ4v) is 2.89. The summed E-state index contributed by atoms with van der Waals surface area (Å²) >= 11 is 1.29. The zero-order valence-corrected chi connectivity index (χ0v) is 11.8. The van der Waals surface area contributed by atoms with Crippen LogP contribution in [-0.2, 0) is 9.53 Å². The molecule has 0 spiro atoms. The van der Waals surface area contributed by atoms with Gasteiger partial charge in [-0.3, -0.25) is 4.79 Å². The number of rotatable bonds is 3. The first-order chi connectivity index (χ1) is 9.65. The fraction of sp³-hybridized carbons (Fsp3) is 0.308. The number of hydrogen-bond donors (Lipinski definition) is 1. The largest absolute Gasteiger partial charge is 0.465 e. The molecule has 1 aromatic carbocycles. The van der Waals surface area contributed by atoms with Gasteiger partial charge >= 0.3 is 5.97 Å². The number of ether oxygens (including phenoxy) is 1. The lowest BCUT2D eigenvalue weighted by Crippen LogP contribution is -2.15. The molecule has 2 aromatic rings. The van der Waals surface area contributed by atoms with E-state index in [-0.39, 0.29) is 11.2 Å². The van der Waals surface area contributed by atoms with E-state index in [0.29, 0.717) is 24.0 Å². The number of esters is 1. The summed E-state index contributed by atoms with van der Waals surface area (Å²) in [6, 6.07) is 7.87. The summed E-state index contributed by atoms with van der Waals surface area (Å²) in [6.45, 7) is 2.48. The van der Waals surface area contributed by atoms with Crippen molar-refractivity contribution in [2.75, 3.05) is 12.4 Å². The molecule has 1 atom stereocenters. The molecule has 1 aliphatic rings. The topological polar surface area (TPSA) is 83.0 Å². The third kappa shape index (κ3) is 2.36. The molecular weight excluding hydrogens is 276 g/mol. The van der Waals surface area contributed by atoms with Crippen LogP contribution in [0.4, 0.5) is 0 Å². The van der Waals surface area contributed by atoms with Crippen LogP contribution in [-0.4, -0.2) is 32.7 Å². The number of carbonyl (C=O) groups is 1. The average molecular weight is 290 g/mol. The van der Waals surface area contributed by atoms with E-state index in [4.69, 9.17) is 10.6 Å². The van der Waals surface area contributed by atoms with Crippen molar-refractivity contribution in [3.63, 3.8) is 0 Å². The monoisotopic (exact) mass is 290 g/mol. The Morgan fingerprint density at radius 1 is 1.35 bits per heavy atom. The summed E-state index contributed by atoms with van der Waals surface area (Å²) < 4.78 is 6.34. The fourth-order valence-electron chi connectivity index (χ4n) is 1.97. The highest BCUT2D eigenvalue weighted by Gasteiger charge is 2.29. The number of carbonyl (C=O) groups excluding carboxylic acids is 1. The van der Waals surface area contributed by atoms with Crippen LogP contribution in [0.15, 0.2) is 29.4 Å². The van der Waals surface area contributed by atoms with Crippen molar-refractivity contribution < 1.29 is 9.53 Å². The molecule has 0 radical (unpaired) electrons. The van der Waals surface area contributed by atoms with E-state index in [1.54, 1.807) is 0 Å². The molecule has 6 nitrogen and oxygen atoms in total. The van der Waals surface area contributed by atoms with Crippen molar-refractivity contribution >= 4 is 17.7 Å². The van der Waals surface area contributed by atoms with E-state index in [1.807, 2.05) is 31.2 Å². The lowest BCUT2D eigenvalue weighted by atomic mass is 10.1. The van der Waals surface area contributed by atoms with Crippen LogP contribution in [0.1, 0.15) is 12.0 Å². The van der Waals surface area contributed by atoms with Crippen LogP contribution in [0.3, 0.4) is 0 Å². The van der Waals surface area contributed by atoms with Gasteiger partial charge in [0.15, 0.2) is 5.82 Å². The Hall–Kier alpha value is -2.02. The standard InChI is InChI=1S/C13H14N4O2S/c1-8-2-4-9(5-3-8)11-15-16-13(17(11)14)20-10-6-7-19-12(10)18/h2-5,10H,6-7,14H2,1H3/t10-/m1/s1. The first-order valence-electron chi connectivity index (χ1n) is 6.26. The van der Waals surface area contributed by atoms with Crippen molar-refractivity contribution in [2.45, 2.75) is 23.8 Å². The molecule has 2 N–H and O–H groups in total. The van der Waals surface area contributed by atoms with Crippen LogP contribution in [0.2, 0.25) is 0 Å². The van der Waals surface area contributed by atoms with Crippen molar-refractivity contribution in [2.24, 2.45) is 0 Å². The molecule has 0 bridgehead atoms. The number of aromatic nitrogens is 3. The quantitative estimate of drug-likeness (QED) is 0.679. The molecule has 0 unspecified atom stereocenters. The van der Waals surface area contributed by atoms with Gasteiger partial charge in [0.05, 0.1) is 6.61 Å². The van der Waals surface area contributed by atoms with E-state index >= 15 is 0 Å². The third-order valence-electron chi connectivity index (χ3n) is 3.11. The molecule has 0 saturated carbocycles. The van der Waals surface area contributed by atoms with E-state index in [1.165, 1.54) is 22.0 Å². The molecule has 1 saturated heterocycles. The maximum Gasteiger partial charge on any atom is 0.319 e. The Kier molecular flexibility index (Phi) is 3.35. The smallest absolute Gasteiger partial charge is 0.319 e. The first-order valence-corrected chi connectivity index (χ1v) is 7.14. The van der Waals surface area contributed by atoms with Gasteiger partial charge in [-0.1, -0.05) is 41.6 Å². The molecular formula is C13H14N4O2S. The van der Waals surface area contributed by atoms with Crippen molar-refractivity contribution in [1.29, 1.82) is 0 Å². The van der Waals surface area contributed by atoms with Crippen molar-refractivity contribution in [1.82, 2.24) is 14.9 Å². The van der Waals surface area contributed by atoms with Gasteiger partial charge < -0.3 is 10.6 Å². The van der Waals surface area contributed by atoms with Gasteiger partial charge in [0.2, 0.25) is 5.16 Å². The van der Waals surface area contributed by atoms with Crippen LogP contribution in [0.25, 0.3) is 11.4 Å². The maximum atomic E-state index is 11.5. The highest BCUT2D eigenvalue weighted by molar-refractivity contribution is 8.00. The van der Waals surface area contributed by atoms with Gasteiger partial charge in [-0.15, -0.1) is 10.2 Å². The van der Waals surface area contributed by atoms with E-state index in [2.05, 4.69) is 10.2 Å². The zero-order valence-electron chi connectivity index (χ0n) is 10.9. The van der Waals surface area contributed by atoms with Crippen molar-refractivity contribution in [3.8, 4) is 11.4 Å². The number of benzene rings is 1. The molecule has 0 aliphatic carbocycles. The lowest BCUT2D eigenvalue weighted by Gasteiger charge is -2.06. The Bertz CT molecular complexity index is 638. The molecule has 0 amide bonds. The minimum absolute atomic E-state index is 0.213. The van der Waals surface area contributed by atoms with Gasteiger partial charge in [-0.2, -0.15) is 0 Å². The van der Waals surface area contributed by atoms with Gasteiger partial charge in [-0.25, -0.2) is 4.68 Å². The summed E-state index contributed by atoms with van der Waals surface area (Å²) in [4.78, 5) is 11.5. The second-order valence-electron chi connectivity index (χ2n) is 4.60. The Balaban J connectivity index is 1.85. The lowest BCUT2D eigenvalue weighted by molar-refractivity contribution is -0.137. The number of hydrogen-bond acceptors (Lipinski definition) is 6. The van der Waals surface area contributed by atoms with E-state index < -0.39 is 0 Å². The second-order valence-corrected chi connectivity index (χ2v) is 5.77. The van der Waals surface area contributed by atoms with Gasteiger partial charge in [0, 0.05) is 12.0 Å². The maximum absolute atomic E-state index is 11.5. The molecule has 1 fully saturated rings. The predicted octanol–water partition coefficient (Wildman–Crippen LogP) is 1.37. The summed E-state index contributed by atoms with van der Waals surface area (Å²) in [7, 11) is 0. The zero-order chi connectivity index (χ0) is 14.1. The number of nitrogens with zero attached hydrogens (tertiary/aromatic N) is 3. The normalized spacial score (nSPS) is 18.2. The first kappa shape index (κ1) is 13.0. The highest BCUT2D eigenvalue weighted by Crippen LogP contribution is 2.29. The third-order valence-corrected chi connectivity index (χ3v) is 4.31. The number of cyclic esters (lactones) is 1. The predicted molar refractivity (Wildman–Crippen MR) is 75.6 cm³/mol. The van der Waals surface area contributed by atoms with Gasteiger partial charge in [-0.05, 0) is 6.92 Å². The highest BCUT2D eigenvalue weighted by atomic mass is 32.2. The van der Waals surface area contributed by atoms with Gasteiger partial charge in [0.25, 0.3) is 0 Å². The average Bonchev–Trinajstić information content (AvgIpc) is 3.00. The number of nitrogens with two attached hydrogens (primary N) is 1. The van der Waals surface area contributed by atoms with Crippen LogP contribution < -0.4 is 5.84 Å². The van der Waals surface area contributed by atoms with Crippen LogP contribution in [0, 0.1) is 6.92 Å². The Morgan fingerprint density at radius 3 is 2.75 bits per heavy atom. The molecule has 104 valence electrons. The molecule has 2 heterocycles. The summed E-state index contributed by atoms with van der Waals surface area (Å²) in [5, 5.41) is 8.43. The SMILES string of the molecule is Cc1ccc(-c2nnc(S[C@@H]3CCOC3=O)n2N)cc1. The second kappa shape index (κ2) is 5.16. The van der Waals surface area contributed by atoms with Crippen LogP contribution in [0.5, 0.6) is 0 Å². The summed E-state index contributed by atoms with van der Waals surface area (Å²) in [6.07, 6.45) is 0.677. The summed E-state index contributed by atoms with van der Waals surface area (Å²) in [5.74, 6) is 6.38. The minimum Gasteiger partial charge on any atom is -0.465 e. The number of nitrogen functional groups attached to an aromatic ring is 1. The Labute approximate surface area is 120 Å². The summed E-state index contributed by atoms with van der Waals surface area (Å²) in [5.41, 5.74) is 2.06. The molecule has 20 heavy (non-hydrogen) atoms. The molecule has 1 aromatic heterocycles. The van der Waals surface area contributed by atoms with E-state index in [9.17, 15) is 4.79 Å². The molecule has 1 aliphatic heterocycles. The minimum atomic E-state index is -0.243. The number of thioether (sulfide) groups is 1.